The molecule has 0 radical (unpaired) electrons. The molecule has 0 spiro atoms. The summed E-state index contributed by atoms with van der Waals surface area (Å²) in [5.41, 5.74) is -1.45. The first-order chi connectivity index (χ1) is 16.6. The molecule has 2 aromatic heterocycles. The molecule has 1 aromatic carbocycles. The smallest absolute Gasteiger partial charge is 0.304 e. The number of esters is 1. The molecule has 3 heterocycles. The summed E-state index contributed by atoms with van der Waals surface area (Å²) >= 11 is 0. The Morgan fingerprint density at radius 1 is 1.09 bits per heavy atom. The number of imidazole rings is 1. The topological polar surface area (TPSA) is 186 Å². The molecule has 4 N–H and O–H groups in total. The largest absolute Gasteiger partial charge is 0.508 e. The van der Waals surface area contributed by atoms with Gasteiger partial charge in [0.25, 0.3) is 5.60 Å². The third-order valence-electron chi connectivity index (χ3n) is 5.73. The Hall–Kier alpha value is -3.94. The predicted octanol–water partition coefficient (Wildman–Crippen LogP) is 0.375. The van der Waals surface area contributed by atoms with Crippen LogP contribution in [0.25, 0.3) is 11.2 Å². The first kappa shape index (κ1) is 24.2. The Morgan fingerprint density at radius 2 is 1.80 bits per heavy atom. The number of aliphatic hydroxyl groups is 2. The highest BCUT2D eigenvalue weighted by atomic mass is 16.6. The summed E-state index contributed by atoms with van der Waals surface area (Å²) < 4.78 is 12.2. The summed E-state index contributed by atoms with van der Waals surface area (Å²) in [4.78, 5) is 49.3. The van der Waals surface area contributed by atoms with E-state index in [0.717, 1.165) is 20.8 Å². The molecule has 13 heteroatoms. The van der Waals surface area contributed by atoms with Gasteiger partial charge in [-0.2, -0.15) is 0 Å². The first-order valence-electron chi connectivity index (χ1n) is 10.5. The molecule has 4 rings (SSSR count). The van der Waals surface area contributed by atoms with Gasteiger partial charge in [-0.25, -0.2) is 15.0 Å². The maximum absolute atomic E-state index is 12.5. The monoisotopic (exact) mass is 485 g/mol. The number of aliphatic hydroxyl groups excluding tert-OH is 2. The van der Waals surface area contributed by atoms with Gasteiger partial charge in [-0.3, -0.25) is 19.0 Å². The van der Waals surface area contributed by atoms with Crippen LogP contribution in [0.1, 0.15) is 27.0 Å². The number of fused-ring (bicyclic) bond motifs is 1. The predicted molar refractivity (Wildman–Crippen MR) is 118 cm³/mol. The number of benzene rings is 1. The fraction of sp³-hybridized carbons (Fsp3) is 0.364. The number of hydrogen-bond donors (Lipinski definition) is 4. The summed E-state index contributed by atoms with van der Waals surface area (Å²) in [7, 11) is 0. The lowest BCUT2D eigenvalue weighted by Gasteiger charge is -2.34. The van der Waals surface area contributed by atoms with Gasteiger partial charge >= 0.3 is 5.97 Å². The van der Waals surface area contributed by atoms with Crippen LogP contribution in [0.15, 0.2) is 36.9 Å². The molecule has 1 fully saturated rings. The number of ether oxygens (including phenoxy) is 2. The molecule has 0 aliphatic carbocycles. The molecule has 3 aromatic rings. The number of anilines is 2. The van der Waals surface area contributed by atoms with Crippen LogP contribution in [0.5, 0.6) is 5.75 Å². The van der Waals surface area contributed by atoms with Crippen molar-refractivity contribution >= 4 is 40.2 Å². The van der Waals surface area contributed by atoms with E-state index in [2.05, 4.69) is 20.3 Å². The van der Waals surface area contributed by atoms with Crippen molar-refractivity contribution in [1.82, 2.24) is 19.5 Å². The van der Waals surface area contributed by atoms with Crippen LogP contribution in [0, 0.1) is 0 Å². The molecule has 0 amide bonds. The van der Waals surface area contributed by atoms with E-state index in [9.17, 15) is 29.7 Å². The van der Waals surface area contributed by atoms with Gasteiger partial charge in [-0.1, -0.05) is 6.07 Å². The maximum Gasteiger partial charge on any atom is 0.304 e. The molecule has 1 aliphatic rings. The van der Waals surface area contributed by atoms with Crippen LogP contribution in [0.2, 0.25) is 0 Å². The number of nitrogens with zero attached hydrogens (tertiary/aromatic N) is 4. The van der Waals surface area contributed by atoms with Gasteiger partial charge in [0.15, 0.2) is 34.8 Å². The van der Waals surface area contributed by atoms with Crippen molar-refractivity contribution in [1.29, 1.82) is 0 Å². The van der Waals surface area contributed by atoms with E-state index in [1.54, 1.807) is 12.1 Å². The van der Waals surface area contributed by atoms with Gasteiger partial charge in [0.1, 0.15) is 30.4 Å². The first-order valence-corrected chi connectivity index (χ1v) is 10.5. The lowest BCUT2D eigenvalue weighted by molar-refractivity contribution is -0.192. The highest BCUT2D eigenvalue weighted by molar-refractivity contribution is 6.10. The second kappa shape index (κ2) is 9.02. The van der Waals surface area contributed by atoms with E-state index in [0.29, 0.717) is 5.69 Å². The SMILES string of the molecule is CC(=O)OC(C(C)=O)(C(C)=O)[C@H]1O[C@@H](n2cnc3c(Nc4cccc(O)c4)ncnc32)[C@H](O)[C@@H]1O. The van der Waals surface area contributed by atoms with Gasteiger partial charge in [0.2, 0.25) is 0 Å². The minimum Gasteiger partial charge on any atom is -0.508 e. The van der Waals surface area contributed by atoms with E-state index >= 15 is 0 Å². The second-order valence-corrected chi connectivity index (χ2v) is 8.09. The fourth-order valence-corrected chi connectivity index (χ4v) is 4.15. The molecule has 1 aliphatic heterocycles. The molecule has 13 nitrogen and oxygen atoms in total. The van der Waals surface area contributed by atoms with E-state index in [4.69, 9.17) is 9.47 Å². The summed E-state index contributed by atoms with van der Waals surface area (Å²) in [5, 5.41) is 34.2. The number of rotatable bonds is 7. The van der Waals surface area contributed by atoms with E-state index in [1.807, 2.05) is 0 Å². The van der Waals surface area contributed by atoms with Gasteiger partial charge in [0.05, 0.1) is 6.33 Å². The lowest BCUT2D eigenvalue weighted by atomic mass is 9.84. The van der Waals surface area contributed by atoms with E-state index in [1.165, 1.54) is 29.4 Å². The number of carbonyl (C=O) groups excluding carboxylic acids is 3. The minimum atomic E-state index is -2.45. The number of nitrogens with one attached hydrogen (secondary N) is 1. The van der Waals surface area contributed by atoms with Gasteiger partial charge in [0, 0.05) is 18.7 Å². The van der Waals surface area contributed by atoms with Crippen molar-refractivity contribution in [3.63, 3.8) is 0 Å². The summed E-state index contributed by atoms with van der Waals surface area (Å²) in [6.45, 7) is 3.07. The molecule has 4 atom stereocenters. The third kappa shape index (κ3) is 4.09. The Morgan fingerprint density at radius 3 is 2.43 bits per heavy atom. The molecular weight excluding hydrogens is 462 g/mol. The van der Waals surface area contributed by atoms with Crippen molar-refractivity contribution in [3.8, 4) is 5.75 Å². The zero-order valence-electron chi connectivity index (χ0n) is 18.9. The van der Waals surface area contributed by atoms with Crippen LogP contribution < -0.4 is 5.32 Å². The number of ketones is 2. The average Bonchev–Trinajstić information content (AvgIpc) is 3.34. The van der Waals surface area contributed by atoms with Gasteiger partial charge < -0.3 is 30.1 Å². The van der Waals surface area contributed by atoms with Crippen molar-refractivity contribution in [2.75, 3.05) is 5.32 Å². The van der Waals surface area contributed by atoms with E-state index < -0.39 is 47.7 Å². The zero-order chi connectivity index (χ0) is 25.5. The number of aromatic nitrogens is 4. The number of Topliss-reactive ketones (excluding diaryl/α,β-unsaturated/α-hetero) is 2. The van der Waals surface area contributed by atoms with Gasteiger partial charge in [-0.05, 0) is 26.0 Å². The highest BCUT2D eigenvalue weighted by Crippen LogP contribution is 2.39. The van der Waals surface area contributed by atoms with Crippen molar-refractivity contribution < 1.29 is 39.2 Å². The summed E-state index contributed by atoms with van der Waals surface area (Å²) in [5.74, 6) is -2.35. The Kier molecular flexibility index (Phi) is 6.23. The van der Waals surface area contributed by atoms with Gasteiger partial charge in [-0.15, -0.1) is 0 Å². The van der Waals surface area contributed by atoms with Crippen LogP contribution in [0.3, 0.4) is 0 Å². The van der Waals surface area contributed by atoms with Crippen molar-refractivity contribution in [2.24, 2.45) is 0 Å². The van der Waals surface area contributed by atoms with Crippen LogP contribution in [-0.2, 0) is 23.9 Å². The fourth-order valence-electron chi connectivity index (χ4n) is 4.15. The quantitative estimate of drug-likeness (QED) is 0.266. The molecule has 1 saturated heterocycles. The standard InChI is InChI=1S/C22H23N5O8/c1-10(28)22(11(2)29,35-12(3)30)18-16(32)17(33)21(34-18)27-9-25-15-19(23-8-24-20(15)27)26-13-5-4-6-14(31)7-13/h4-9,16-18,21,31-33H,1-3H3,(H,23,24,26)/t16-,17+,18-,21+/m0/s1. The highest BCUT2D eigenvalue weighted by Gasteiger charge is 2.61. The van der Waals surface area contributed by atoms with Crippen LogP contribution >= 0.6 is 0 Å². The molecule has 184 valence electrons. The zero-order valence-corrected chi connectivity index (χ0v) is 18.9. The minimum absolute atomic E-state index is 0.0422. The molecule has 0 saturated carbocycles. The average molecular weight is 485 g/mol. The van der Waals surface area contributed by atoms with Crippen molar-refractivity contribution in [2.45, 2.75) is 50.9 Å². The number of phenolic OH excluding ortho intramolecular Hbond substituents is 1. The van der Waals surface area contributed by atoms with Crippen LogP contribution in [-0.4, -0.2) is 76.3 Å². The van der Waals surface area contributed by atoms with E-state index in [-0.39, 0.29) is 22.7 Å². The number of hydrogen-bond acceptors (Lipinski definition) is 12. The van der Waals surface area contributed by atoms with Crippen LogP contribution in [0.4, 0.5) is 11.5 Å². The summed E-state index contributed by atoms with van der Waals surface area (Å²) in [6.07, 6.45) is -3.91. The normalized spacial score (nSPS) is 22.2. The Labute approximate surface area is 198 Å². The van der Waals surface area contributed by atoms with Crippen molar-refractivity contribution in [3.05, 3.63) is 36.9 Å². The summed E-state index contributed by atoms with van der Waals surface area (Å²) in [6, 6.07) is 6.33. The molecule has 0 unspecified atom stereocenters. The maximum atomic E-state index is 12.5. The molecule has 35 heavy (non-hydrogen) atoms. The third-order valence-corrected chi connectivity index (χ3v) is 5.73. The Balaban J connectivity index is 1.72. The number of aromatic hydroxyl groups is 1. The lowest BCUT2D eigenvalue weighted by Crippen LogP contribution is -2.60. The number of phenols is 1. The number of carbonyl (C=O) groups is 3. The molecular formula is C22H23N5O8. The second-order valence-electron chi connectivity index (χ2n) is 8.09. The molecule has 0 bridgehead atoms. The Bertz CT molecular complexity index is 1290.